The molecule has 1 saturated heterocycles. The first-order valence-electron chi connectivity index (χ1n) is 12.3. The summed E-state index contributed by atoms with van der Waals surface area (Å²) in [6.45, 7) is -1.15. The van der Waals surface area contributed by atoms with Gasteiger partial charge in [0.1, 0.15) is 24.9 Å². The summed E-state index contributed by atoms with van der Waals surface area (Å²) in [5, 5.41) is 98.1. The van der Waals surface area contributed by atoms with Crippen LogP contribution in [0.5, 0.6) is 51.7 Å². The summed E-state index contributed by atoms with van der Waals surface area (Å²) < 4.78 is 20.4. The highest BCUT2D eigenvalue weighted by Gasteiger charge is 2.41. The van der Waals surface area contributed by atoms with Gasteiger partial charge >= 0.3 is 17.9 Å². The molecule has 3 aromatic carbocycles. The Kier molecular flexibility index (Phi) is 8.74. The van der Waals surface area contributed by atoms with Crippen molar-refractivity contribution in [2.24, 2.45) is 0 Å². The highest BCUT2D eigenvalue weighted by Crippen LogP contribution is 2.39. The summed E-state index contributed by atoms with van der Waals surface area (Å²) in [6.07, 6.45) is -6.36. The monoisotopic (exact) mass is 620 g/mol. The topological polar surface area (TPSA) is 290 Å². The zero-order valence-electron chi connectivity index (χ0n) is 22.0. The quantitative estimate of drug-likeness (QED) is 0.0948. The first-order valence-corrected chi connectivity index (χ1v) is 12.3. The Labute approximate surface area is 245 Å². The fourth-order valence-corrected chi connectivity index (χ4v) is 3.94. The minimum absolute atomic E-state index is 0.350. The minimum atomic E-state index is -1.78. The van der Waals surface area contributed by atoms with Gasteiger partial charge in [0.2, 0.25) is 5.75 Å². The minimum Gasteiger partial charge on any atom is -0.504 e. The van der Waals surface area contributed by atoms with E-state index in [1.165, 1.54) is 0 Å². The number of benzene rings is 3. The molecule has 0 amide bonds. The summed E-state index contributed by atoms with van der Waals surface area (Å²) in [7, 11) is 0. The molecule has 0 bridgehead atoms. The lowest BCUT2D eigenvalue weighted by Gasteiger charge is -2.36. The number of aliphatic hydroxyl groups excluding tert-OH is 2. The average Bonchev–Trinajstić information content (AvgIpc) is 2.97. The van der Waals surface area contributed by atoms with E-state index in [-0.39, 0.29) is 5.56 Å². The number of hydrogen-bond acceptors (Lipinski definition) is 17. The van der Waals surface area contributed by atoms with Gasteiger partial charge in [0, 0.05) is 0 Å². The van der Waals surface area contributed by atoms with Crippen LogP contribution in [0.25, 0.3) is 0 Å². The predicted octanol–water partition coefficient (Wildman–Crippen LogP) is 0.0536. The molecule has 4 unspecified atom stereocenters. The number of rotatable bonds is 7. The third kappa shape index (κ3) is 6.38. The van der Waals surface area contributed by atoms with Crippen molar-refractivity contribution in [3.8, 4) is 51.7 Å². The van der Waals surface area contributed by atoms with Crippen LogP contribution in [0.1, 0.15) is 31.1 Å². The first kappa shape index (κ1) is 31.3. The van der Waals surface area contributed by atoms with E-state index in [4.69, 9.17) is 18.9 Å². The molecule has 1 aliphatic heterocycles. The molecule has 0 spiro atoms. The number of carbonyl (C=O) groups excluding carboxylic acids is 3. The fourth-order valence-electron chi connectivity index (χ4n) is 3.94. The Balaban J connectivity index is 1.39. The number of esters is 3. The SMILES string of the molecule is O=C(OCC1OCC(OC(=O)c2cc(O)c(O)c(OC(=O)c3cc(O)c(O)c(O)c3)c2)C(O)C1O)c1cc(O)c(O)c(O)c1. The number of phenolic OH excluding ortho intramolecular Hbond substituents is 8. The standard InChI is InChI=1S/C27H24O17/c28-12-1-9(2-13(29)20(12)33)25(38)42-7-18-23(36)24(37)19(8-41-18)44-27(40)11-5-16(32)22(35)17(6-11)43-26(39)10-3-14(30)21(34)15(31)4-10/h1-6,18-19,23-24,28-37H,7-8H2. The molecule has 4 atom stereocenters. The summed E-state index contributed by atoms with van der Waals surface area (Å²) in [5.74, 6) is -11.4. The highest BCUT2D eigenvalue weighted by atomic mass is 16.6. The number of aromatic hydroxyl groups is 8. The lowest BCUT2D eigenvalue weighted by molar-refractivity contribution is -0.196. The second kappa shape index (κ2) is 12.3. The van der Waals surface area contributed by atoms with Gasteiger partial charge in [-0.25, -0.2) is 14.4 Å². The van der Waals surface area contributed by atoms with Crippen molar-refractivity contribution in [2.75, 3.05) is 13.2 Å². The van der Waals surface area contributed by atoms with Crippen LogP contribution in [0.2, 0.25) is 0 Å². The van der Waals surface area contributed by atoms with E-state index < -0.39 is 118 Å². The Morgan fingerprint density at radius 1 is 0.636 bits per heavy atom. The summed E-state index contributed by atoms with van der Waals surface area (Å²) in [4.78, 5) is 37.4. The van der Waals surface area contributed by atoms with Crippen LogP contribution in [0, 0.1) is 0 Å². The number of hydrogen-bond donors (Lipinski definition) is 10. The molecular formula is C27H24O17. The van der Waals surface area contributed by atoms with Gasteiger partial charge in [-0.2, -0.15) is 0 Å². The molecule has 1 aliphatic rings. The predicted molar refractivity (Wildman–Crippen MR) is 139 cm³/mol. The van der Waals surface area contributed by atoms with E-state index in [9.17, 15) is 65.4 Å². The van der Waals surface area contributed by atoms with Gasteiger partial charge in [0.25, 0.3) is 0 Å². The largest absolute Gasteiger partial charge is 0.504 e. The Morgan fingerprint density at radius 2 is 1.09 bits per heavy atom. The molecule has 44 heavy (non-hydrogen) atoms. The Morgan fingerprint density at radius 3 is 1.61 bits per heavy atom. The molecule has 0 aliphatic carbocycles. The van der Waals surface area contributed by atoms with E-state index >= 15 is 0 Å². The molecule has 1 fully saturated rings. The van der Waals surface area contributed by atoms with Gasteiger partial charge in [0.15, 0.2) is 52.1 Å². The van der Waals surface area contributed by atoms with Crippen molar-refractivity contribution in [1.82, 2.24) is 0 Å². The van der Waals surface area contributed by atoms with Crippen LogP contribution in [-0.4, -0.2) is 107 Å². The van der Waals surface area contributed by atoms with Crippen molar-refractivity contribution in [2.45, 2.75) is 24.4 Å². The van der Waals surface area contributed by atoms with Gasteiger partial charge in [0.05, 0.1) is 23.3 Å². The van der Waals surface area contributed by atoms with E-state index in [1.807, 2.05) is 0 Å². The maximum Gasteiger partial charge on any atom is 0.343 e. The normalized spacial score (nSPS) is 19.6. The molecule has 234 valence electrons. The summed E-state index contributed by atoms with van der Waals surface area (Å²) >= 11 is 0. The number of aliphatic hydroxyl groups is 2. The molecule has 0 saturated carbocycles. The molecule has 17 nitrogen and oxygen atoms in total. The maximum atomic E-state index is 12.8. The zero-order chi connectivity index (χ0) is 32.5. The van der Waals surface area contributed by atoms with Crippen molar-refractivity contribution in [1.29, 1.82) is 0 Å². The average molecular weight is 620 g/mol. The molecule has 3 aromatic rings. The van der Waals surface area contributed by atoms with E-state index in [1.54, 1.807) is 0 Å². The van der Waals surface area contributed by atoms with Gasteiger partial charge in [-0.1, -0.05) is 0 Å². The van der Waals surface area contributed by atoms with Gasteiger partial charge in [-0.15, -0.1) is 0 Å². The first-order chi connectivity index (χ1) is 20.7. The molecule has 4 rings (SSSR count). The van der Waals surface area contributed by atoms with Crippen molar-refractivity contribution in [3.63, 3.8) is 0 Å². The van der Waals surface area contributed by atoms with Gasteiger partial charge in [-0.3, -0.25) is 0 Å². The smallest absolute Gasteiger partial charge is 0.343 e. The Hall–Kier alpha value is -5.65. The van der Waals surface area contributed by atoms with Crippen molar-refractivity contribution < 1.29 is 84.4 Å². The summed E-state index contributed by atoms with van der Waals surface area (Å²) in [6, 6.07) is 4.62. The van der Waals surface area contributed by atoms with E-state index in [0.29, 0.717) is 0 Å². The fraction of sp³-hybridized carbons (Fsp3) is 0.222. The lowest BCUT2D eigenvalue weighted by atomic mass is 10.0. The summed E-state index contributed by atoms with van der Waals surface area (Å²) in [5.41, 5.74) is -1.34. The van der Waals surface area contributed by atoms with Crippen LogP contribution in [0.3, 0.4) is 0 Å². The van der Waals surface area contributed by atoms with Crippen molar-refractivity contribution in [3.05, 3.63) is 53.1 Å². The second-order valence-electron chi connectivity index (χ2n) is 9.35. The number of carbonyl (C=O) groups is 3. The zero-order valence-corrected chi connectivity index (χ0v) is 22.0. The highest BCUT2D eigenvalue weighted by molar-refractivity contribution is 5.95. The third-order valence-electron chi connectivity index (χ3n) is 6.33. The van der Waals surface area contributed by atoms with Crippen LogP contribution < -0.4 is 4.74 Å². The van der Waals surface area contributed by atoms with E-state index in [2.05, 4.69) is 0 Å². The Bertz CT molecular complexity index is 1570. The van der Waals surface area contributed by atoms with Crippen LogP contribution in [0.15, 0.2) is 36.4 Å². The lowest BCUT2D eigenvalue weighted by Crippen LogP contribution is -2.55. The number of ether oxygens (including phenoxy) is 4. The molecule has 1 heterocycles. The maximum absolute atomic E-state index is 12.8. The number of phenols is 8. The molecule has 10 N–H and O–H groups in total. The molecule has 0 aromatic heterocycles. The van der Waals surface area contributed by atoms with E-state index in [0.717, 1.165) is 36.4 Å². The van der Waals surface area contributed by atoms with Crippen LogP contribution >= 0.6 is 0 Å². The van der Waals surface area contributed by atoms with Gasteiger partial charge in [-0.05, 0) is 36.4 Å². The molecule has 0 radical (unpaired) electrons. The van der Waals surface area contributed by atoms with Crippen LogP contribution in [-0.2, 0) is 14.2 Å². The van der Waals surface area contributed by atoms with Crippen LogP contribution in [0.4, 0.5) is 0 Å². The van der Waals surface area contributed by atoms with Gasteiger partial charge < -0.3 is 70.0 Å². The third-order valence-corrected chi connectivity index (χ3v) is 6.33. The van der Waals surface area contributed by atoms with Crippen molar-refractivity contribution >= 4 is 17.9 Å². The second-order valence-corrected chi connectivity index (χ2v) is 9.35. The molecular weight excluding hydrogens is 596 g/mol. The molecule has 17 heteroatoms.